The van der Waals surface area contributed by atoms with Crippen LogP contribution in [0.1, 0.15) is 43.7 Å². The van der Waals surface area contributed by atoms with Gasteiger partial charge in [-0.05, 0) is 38.0 Å². The van der Waals surface area contributed by atoms with E-state index in [9.17, 15) is 0 Å². The fourth-order valence-corrected chi connectivity index (χ4v) is 3.24. The first kappa shape index (κ1) is 23.0. The second kappa shape index (κ2) is 12.3. The minimum absolute atomic E-state index is 0.737. The number of hydrogen-bond acceptors (Lipinski definition) is 4. The maximum absolute atomic E-state index is 6.31. The minimum atomic E-state index is 0.737. The molecule has 1 aliphatic heterocycles. The highest BCUT2D eigenvalue weighted by Gasteiger charge is 2.19. The molecule has 0 unspecified atom stereocenters. The Labute approximate surface area is 180 Å². The monoisotopic (exact) mass is 412 g/mol. The van der Waals surface area contributed by atoms with E-state index in [-0.39, 0.29) is 0 Å². The van der Waals surface area contributed by atoms with E-state index in [4.69, 9.17) is 11.6 Å². The molecule has 156 valence electrons. The van der Waals surface area contributed by atoms with Gasteiger partial charge in [-0.2, -0.15) is 5.10 Å². The van der Waals surface area contributed by atoms with Crippen molar-refractivity contribution >= 4 is 23.0 Å². The highest BCUT2D eigenvalue weighted by Crippen LogP contribution is 2.29. The third-order valence-electron chi connectivity index (χ3n) is 4.62. The summed E-state index contributed by atoms with van der Waals surface area (Å²) in [5, 5.41) is 7.31. The number of hydrogen-bond donors (Lipinski definition) is 2. The standard InChI is InChI=1S/C17H25ClN4.C7H8/c1-4-5-6-10-19-20-14(3)16-9-11-22(21-16)17-8-7-13(2)12-15(17)18;1-7-5-3-2-4-6-7/h7-8,12,19-20H,3-6,9-11H2,1-2H3;2-6H,1H3. The molecule has 0 fully saturated rings. The fraction of sp³-hybridized carbons (Fsp3) is 0.375. The van der Waals surface area contributed by atoms with Crippen molar-refractivity contribution in [3.05, 3.63) is 77.0 Å². The van der Waals surface area contributed by atoms with Crippen molar-refractivity contribution in [3.63, 3.8) is 0 Å². The van der Waals surface area contributed by atoms with Crippen LogP contribution >= 0.6 is 11.6 Å². The highest BCUT2D eigenvalue weighted by atomic mass is 35.5. The lowest BCUT2D eigenvalue weighted by molar-refractivity contribution is 0.569. The number of allylic oxidation sites excluding steroid dienone is 1. The number of hydrazone groups is 1. The topological polar surface area (TPSA) is 39.7 Å². The second-order valence-electron chi connectivity index (χ2n) is 7.27. The Morgan fingerprint density at radius 3 is 2.48 bits per heavy atom. The number of nitrogens with zero attached hydrogens (tertiary/aromatic N) is 2. The number of hydrazine groups is 1. The molecule has 0 spiro atoms. The smallest absolute Gasteiger partial charge is 0.0866 e. The molecular weight excluding hydrogens is 380 g/mol. The Bertz CT molecular complexity index is 802. The molecule has 0 saturated carbocycles. The number of halogens is 1. The Morgan fingerprint density at radius 2 is 1.86 bits per heavy atom. The summed E-state index contributed by atoms with van der Waals surface area (Å²) in [5.74, 6) is 0. The average molecular weight is 413 g/mol. The van der Waals surface area contributed by atoms with Crippen molar-refractivity contribution in [2.24, 2.45) is 5.10 Å². The van der Waals surface area contributed by atoms with Crippen molar-refractivity contribution in [1.29, 1.82) is 0 Å². The molecule has 0 amide bonds. The SMILES string of the molecule is C=C(NNCCCCC)C1=NN(c2ccc(C)cc2Cl)CC1.Cc1ccccc1. The van der Waals surface area contributed by atoms with Crippen molar-refractivity contribution < 1.29 is 0 Å². The van der Waals surface area contributed by atoms with Gasteiger partial charge in [-0.3, -0.25) is 5.01 Å². The second-order valence-corrected chi connectivity index (χ2v) is 7.67. The fourth-order valence-electron chi connectivity index (χ4n) is 2.90. The molecule has 0 aromatic heterocycles. The molecule has 0 radical (unpaired) electrons. The van der Waals surface area contributed by atoms with Crippen LogP contribution in [0.25, 0.3) is 0 Å². The summed E-state index contributed by atoms with van der Waals surface area (Å²) < 4.78 is 0. The van der Waals surface area contributed by atoms with Gasteiger partial charge in [0.15, 0.2) is 0 Å². The van der Waals surface area contributed by atoms with Gasteiger partial charge in [-0.25, -0.2) is 5.43 Å². The molecule has 4 nitrogen and oxygen atoms in total. The Morgan fingerprint density at radius 1 is 1.10 bits per heavy atom. The normalized spacial score (nSPS) is 12.8. The molecule has 1 aliphatic rings. The summed E-state index contributed by atoms with van der Waals surface area (Å²) >= 11 is 6.31. The molecular formula is C24H33ClN4. The van der Waals surface area contributed by atoms with E-state index < -0.39 is 0 Å². The van der Waals surface area contributed by atoms with Gasteiger partial charge in [0.1, 0.15) is 0 Å². The average Bonchev–Trinajstić information content (AvgIpc) is 3.19. The van der Waals surface area contributed by atoms with Gasteiger partial charge < -0.3 is 5.43 Å². The van der Waals surface area contributed by atoms with E-state index in [1.807, 2.05) is 42.3 Å². The molecule has 29 heavy (non-hydrogen) atoms. The molecule has 2 N–H and O–H groups in total. The van der Waals surface area contributed by atoms with Crippen LogP contribution in [-0.2, 0) is 0 Å². The summed E-state index contributed by atoms with van der Waals surface area (Å²) in [7, 11) is 0. The maximum atomic E-state index is 6.31. The van der Waals surface area contributed by atoms with Crippen molar-refractivity contribution in [2.45, 2.75) is 46.5 Å². The first-order valence-electron chi connectivity index (χ1n) is 10.3. The van der Waals surface area contributed by atoms with Crippen LogP contribution in [-0.4, -0.2) is 18.8 Å². The number of anilines is 1. The summed E-state index contributed by atoms with van der Waals surface area (Å²) in [6.07, 6.45) is 4.49. The Hall–Kier alpha value is -2.30. The van der Waals surface area contributed by atoms with E-state index >= 15 is 0 Å². The van der Waals surface area contributed by atoms with Gasteiger partial charge in [0.25, 0.3) is 0 Å². The number of rotatable bonds is 8. The van der Waals surface area contributed by atoms with Crippen LogP contribution < -0.4 is 15.9 Å². The zero-order valence-corrected chi connectivity index (χ0v) is 18.6. The van der Waals surface area contributed by atoms with Crippen molar-refractivity contribution in [1.82, 2.24) is 10.9 Å². The van der Waals surface area contributed by atoms with E-state index in [1.165, 1.54) is 18.4 Å². The van der Waals surface area contributed by atoms with Gasteiger partial charge >= 0.3 is 0 Å². The van der Waals surface area contributed by atoms with Crippen molar-refractivity contribution in [2.75, 3.05) is 18.1 Å². The summed E-state index contributed by atoms with van der Waals surface area (Å²) in [5.41, 5.74) is 11.6. The Balaban J connectivity index is 0.000000360. The molecule has 2 aromatic carbocycles. The maximum Gasteiger partial charge on any atom is 0.0866 e. The molecule has 0 saturated heterocycles. The molecule has 2 aromatic rings. The predicted octanol–water partition coefficient (Wildman–Crippen LogP) is 6.01. The van der Waals surface area contributed by atoms with Crippen LogP contribution in [0.4, 0.5) is 5.69 Å². The van der Waals surface area contributed by atoms with Crippen LogP contribution in [0.3, 0.4) is 0 Å². The lowest BCUT2D eigenvalue weighted by atomic mass is 10.2. The lowest BCUT2D eigenvalue weighted by Gasteiger charge is -2.15. The molecule has 0 atom stereocenters. The molecule has 0 aliphatic carbocycles. The minimum Gasteiger partial charge on any atom is -0.320 e. The first-order valence-corrected chi connectivity index (χ1v) is 10.7. The number of aryl methyl sites for hydroxylation is 2. The third kappa shape index (κ3) is 7.92. The van der Waals surface area contributed by atoms with Crippen LogP contribution in [0.2, 0.25) is 5.02 Å². The van der Waals surface area contributed by atoms with Crippen molar-refractivity contribution in [3.8, 4) is 0 Å². The third-order valence-corrected chi connectivity index (χ3v) is 4.92. The van der Waals surface area contributed by atoms with Gasteiger partial charge in [0.2, 0.25) is 0 Å². The summed E-state index contributed by atoms with van der Waals surface area (Å²) in [6.45, 7) is 12.1. The van der Waals surface area contributed by atoms with Gasteiger partial charge in [0.05, 0.1) is 22.1 Å². The van der Waals surface area contributed by atoms with Gasteiger partial charge in [0, 0.05) is 19.5 Å². The quantitative estimate of drug-likeness (QED) is 0.412. The van der Waals surface area contributed by atoms with E-state index in [0.29, 0.717) is 0 Å². The molecule has 1 heterocycles. The zero-order valence-electron chi connectivity index (χ0n) is 17.8. The zero-order chi connectivity index (χ0) is 21.1. The molecule has 0 bridgehead atoms. The number of benzene rings is 2. The highest BCUT2D eigenvalue weighted by molar-refractivity contribution is 6.33. The Kier molecular flexibility index (Phi) is 9.75. The number of unbranched alkanes of at least 4 members (excludes halogenated alkanes) is 2. The largest absolute Gasteiger partial charge is 0.320 e. The van der Waals surface area contributed by atoms with E-state index in [1.54, 1.807) is 0 Å². The van der Waals surface area contributed by atoms with Crippen LogP contribution in [0.15, 0.2) is 65.9 Å². The lowest BCUT2D eigenvalue weighted by Crippen LogP contribution is -2.34. The van der Waals surface area contributed by atoms with Crippen LogP contribution in [0, 0.1) is 13.8 Å². The number of nitrogens with one attached hydrogen (secondary N) is 2. The summed E-state index contributed by atoms with van der Waals surface area (Å²) in [4.78, 5) is 0. The molecule has 5 heteroatoms. The predicted molar refractivity (Wildman–Crippen MR) is 127 cm³/mol. The summed E-state index contributed by atoms with van der Waals surface area (Å²) in [6, 6.07) is 16.3. The van der Waals surface area contributed by atoms with Crippen LogP contribution in [0.5, 0.6) is 0 Å². The van der Waals surface area contributed by atoms with E-state index in [0.717, 1.165) is 53.6 Å². The van der Waals surface area contributed by atoms with Gasteiger partial charge in [-0.1, -0.05) is 79.9 Å². The molecule has 3 rings (SSSR count). The van der Waals surface area contributed by atoms with E-state index in [2.05, 4.69) is 54.6 Å². The van der Waals surface area contributed by atoms with Gasteiger partial charge in [-0.15, -0.1) is 0 Å². The first-order chi connectivity index (χ1) is 14.0.